The lowest BCUT2D eigenvalue weighted by Gasteiger charge is -2.11. The molecule has 144 valence electrons. The first-order valence-electron chi connectivity index (χ1n) is 8.39. The summed E-state index contributed by atoms with van der Waals surface area (Å²) >= 11 is 0. The third-order valence-electron chi connectivity index (χ3n) is 3.12. The van der Waals surface area contributed by atoms with Crippen LogP contribution in [0.1, 0.15) is 39.5 Å². The van der Waals surface area contributed by atoms with Gasteiger partial charge in [-0.2, -0.15) is 0 Å². The molecule has 25 heavy (non-hydrogen) atoms. The fourth-order valence-electron chi connectivity index (χ4n) is 1.93. The van der Waals surface area contributed by atoms with Gasteiger partial charge in [0.05, 0.1) is 28.9 Å². The van der Waals surface area contributed by atoms with Crippen LogP contribution in [0.25, 0.3) is 0 Å². The quantitative estimate of drug-likeness (QED) is 0.265. The highest BCUT2D eigenvalue weighted by atomic mass is 31.1. The van der Waals surface area contributed by atoms with E-state index in [9.17, 15) is 9.79 Å². The van der Waals surface area contributed by atoms with Crippen LogP contribution in [0, 0.1) is 10.8 Å². The van der Waals surface area contributed by atoms with Crippen molar-refractivity contribution in [1.82, 2.24) is 0 Å². The van der Waals surface area contributed by atoms with Gasteiger partial charge in [0.2, 0.25) is 0 Å². The van der Waals surface area contributed by atoms with E-state index in [0.29, 0.717) is 52.1 Å². The normalized spacial score (nSPS) is 13.4. The average molecular weight is 392 g/mol. The Kier molecular flexibility index (Phi) is 14.3. The van der Waals surface area contributed by atoms with Crippen LogP contribution < -0.4 is 9.79 Å². The van der Waals surface area contributed by atoms with Gasteiger partial charge in [-0.3, -0.25) is 10.8 Å². The molecule has 0 aromatic rings. The molecule has 9 heteroatoms. The van der Waals surface area contributed by atoms with E-state index < -0.39 is 15.5 Å². The van der Waals surface area contributed by atoms with Crippen molar-refractivity contribution in [3.63, 3.8) is 0 Å². The molecule has 0 aromatic heterocycles. The fraction of sp³-hybridized carbons (Fsp3) is 0.750. The lowest BCUT2D eigenvalue weighted by atomic mass is 10.2. The lowest BCUT2D eigenvalue weighted by molar-refractivity contribution is -0.152. The van der Waals surface area contributed by atoms with E-state index in [1.54, 1.807) is 0 Å². The van der Waals surface area contributed by atoms with Crippen LogP contribution in [-0.4, -0.2) is 62.1 Å². The summed E-state index contributed by atoms with van der Waals surface area (Å²) in [6.45, 7) is 8.92. The molecule has 0 amide bonds. The fourth-order valence-corrected chi connectivity index (χ4v) is 3.42. The first kappa shape index (κ1) is 24.5. The topological polar surface area (TPSA) is 122 Å². The van der Waals surface area contributed by atoms with E-state index in [0.717, 1.165) is 0 Å². The molecule has 2 N–H and O–H groups in total. The van der Waals surface area contributed by atoms with E-state index in [-0.39, 0.29) is 22.4 Å². The molecule has 0 saturated carbocycles. The smallest absolute Gasteiger partial charge is 0.274 e. The van der Waals surface area contributed by atoms with Crippen molar-refractivity contribution in [2.24, 2.45) is 0 Å². The number of nitrogens with one attached hydrogen (secondary N) is 2. The minimum absolute atomic E-state index is 0.00116. The Balaban J connectivity index is 4.89. The maximum absolute atomic E-state index is 12.0. The highest BCUT2D eigenvalue weighted by molar-refractivity contribution is 7.55. The monoisotopic (exact) mass is 392 g/mol. The van der Waals surface area contributed by atoms with E-state index in [2.05, 4.69) is 0 Å². The maximum Gasteiger partial charge on any atom is 0.274 e. The molecule has 0 fully saturated rings. The van der Waals surface area contributed by atoms with Gasteiger partial charge in [-0.05, 0) is 39.5 Å². The Morgan fingerprint density at radius 1 is 0.800 bits per heavy atom. The maximum atomic E-state index is 12.0. The second kappa shape index (κ2) is 14.6. The Morgan fingerprint density at radius 2 is 1.16 bits per heavy atom. The summed E-state index contributed by atoms with van der Waals surface area (Å²) in [5.41, 5.74) is 0.196. The first-order chi connectivity index (χ1) is 11.8. The minimum Gasteiger partial charge on any atom is -0.629 e. The number of rotatable bonds is 14. The van der Waals surface area contributed by atoms with Gasteiger partial charge in [0, 0.05) is 26.4 Å². The van der Waals surface area contributed by atoms with Crippen LogP contribution in [0.4, 0.5) is 0 Å². The summed E-state index contributed by atoms with van der Waals surface area (Å²) in [5, 5.41) is 16.2. The minimum atomic E-state index is -1.92. The van der Waals surface area contributed by atoms with Gasteiger partial charge in [-0.1, -0.05) is 0 Å². The Hall–Kier alpha value is -0.520. The summed E-state index contributed by atoms with van der Waals surface area (Å²) in [7, 11) is -3.84. The molecule has 0 rings (SSSR count). The largest absolute Gasteiger partial charge is 0.629 e. The van der Waals surface area contributed by atoms with Gasteiger partial charge in [0.15, 0.2) is 0 Å². The molecule has 0 aliphatic heterocycles. The van der Waals surface area contributed by atoms with Gasteiger partial charge >= 0.3 is 0 Å². The average Bonchev–Trinajstić information content (AvgIpc) is 2.55. The Bertz CT molecular complexity index is 455. The third-order valence-corrected chi connectivity index (χ3v) is 4.99. The van der Waals surface area contributed by atoms with E-state index in [1.165, 1.54) is 13.3 Å². The number of ether oxygens (including phenoxy) is 3. The van der Waals surface area contributed by atoms with Crippen LogP contribution in [0.3, 0.4) is 0 Å². The first-order valence-corrected chi connectivity index (χ1v) is 11.8. The van der Waals surface area contributed by atoms with Crippen molar-refractivity contribution in [2.75, 3.05) is 39.8 Å². The molecule has 2 unspecified atom stereocenters. The third kappa shape index (κ3) is 10.9. The molecule has 0 heterocycles. The molecule has 0 aliphatic carbocycles. The van der Waals surface area contributed by atoms with Crippen molar-refractivity contribution in [1.29, 1.82) is 10.8 Å². The second-order valence-electron chi connectivity index (χ2n) is 5.27. The Labute approximate surface area is 152 Å². The van der Waals surface area contributed by atoms with Crippen LogP contribution >= 0.6 is 15.5 Å². The molecule has 0 saturated heterocycles. The molecule has 0 radical (unpaired) electrons. The van der Waals surface area contributed by atoms with Crippen molar-refractivity contribution < 1.29 is 24.0 Å². The van der Waals surface area contributed by atoms with Gasteiger partial charge < -0.3 is 19.3 Å². The molecule has 7 nitrogen and oxygen atoms in total. The van der Waals surface area contributed by atoms with Crippen molar-refractivity contribution in [3.8, 4) is 0 Å². The highest BCUT2D eigenvalue weighted by Crippen LogP contribution is 2.18. The van der Waals surface area contributed by atoms with Crippen molar-refractivity contribution in [2.45, 2.75) is 39.5 Å². The van der Waals surface area contributed by atoms with Crippen molar-refractivity contribution >= 4 is 37.9 Å². The van der Waals surface area contributed by atoms with Gasteiger partial charge in [-0.15, -0.1) is 0 Å². The zero-order valence-corrected chi connectivity index (χ0v) is 17.4. The molecular formula is C16H30N2O5P2. The van der Waals surface area contributed by atoms with Crippen molar-refractivity contribution in [3.05, 3.63) is 0 Å². The highest BCUT2D eigenvalue weighted by Gasteiger charge is 2.24. The zero-order valence-electron chi connectivity index (χ0n) is 15.6. The second-order valence-corrected chi connectivity index (χ2v) is 8.07. The molecule has 0 aliphatic rings. The molecule has 0 spiro atoms. The van der Waals surface area contributed by atoms with Gasteiger partial charge in [0.1, 0.15) is 11.4 Å². The predicted octanol–water partition coefficient (Wildman–Crippen LogP) is 1.71. The molecule has 0 bridgehead atoms. The summed E-state index contributed by atoms with van der Waals surface area (Å²) in [6, 6.07) is 0. The summed E-state index contributed by atoms with van der Waals surface area (Å²) in [5.74, 6) is 0. The summed E-state index contributed by atoms with van der Waals surface area (Å²) in [4.78, 5) is 23.9. The lowest BCUT2D eigenvalue weighted by Crippen LogP contribution is -2.28. The van der Waals surface area contributed by atoms with Crippen LogP contribution in [-0.2, 0) is 14.2 Å². The van der Waals surface area contributed by atoms with Gasteiger partial charge in [-0.25, -0.2) is 4.74 Å². The standard InChI is InChI=1S/C16H30N2O5P2/c1-5-21-11-7-9-13(17)15(24(3)19)23-16(25(4)20)14(18)10-8-12-22-6-2/h17-18H,5-12H2,1-4H3. The van der Waals surface area contributed by atoms with E-state index in [1.807, 2.05) is 13.8 Å². The summed E-state index contributed by atoms with van der Waals surface area (Å²) < 4.78 is 16.0. The van der Waals surface area contributed by atoms with Crippen LogP contribution in [0.5, 0.6) is 0 Å². The molecule has 2 atom stereocenters. The molecular weight excluding hydrogens is 362 g/mol. The predicted molar refractivity (Wildman–Crippen MR) is 104 cm³/mol. The number of hydrogen-bond acceptors (Lipinski definition) is 7. The van der Waals surface area contributed by atoms with E-state index in [4.69, 9.17) is 25.0 Å². The molecule has 0 aromatic carbocycles. The van der Waals surface area contributed by atoms with E-state index >= 15 is 0 Å². The zero-order chi connectivity index (χ0) is 19.2. The summed E-state index contributed by atoms with van der Waals surface area (Å²) in [6.07, 6.45) is 1.94. The Morgan fingerprint density at radius 3 is 1.44 bits per heavy atom. The number of hydrogen-bond donors (Lipinski definition) is 2. The van der Waals surface area contributed by atoms with Crippen LogP contribution in [0.2, 0.25) is 0 Å². The SMILES string of the molecule is CCOCCCC(=N)C(OC(C(=N)CCCOCC)=[P+](C)[O-])=[P+](C)[O-]. The van der Waals surface area contributed by atoms with Crippen LogP contribution in [0.15, 0.2) is 0 Å². The van der Waals surface area contributed by atoms with Gasteiger partial charge in [0.25, 0.3) is 11.0 Å².